The van der Waals surface area contributed by atoms with Gasteiger partial charge in [-0.25, -0.2) is 0 Å². The fraction of sp³-hybridized carbons (Fsp3) is 0.684. The van der Waals surface area contributed by atoms with Gasteiger partial charge in [-0.1, -0.05) is 30.3 Å². The predicted molar refractivity (Wildman–Crippen MR) is 93.0 cm³/mol. The summed E-state index contributed by atoms with van der Waals surface area (Å²) in [6.45, 7) is 10.9. The van der Waals surface area contributed by atoms with Crippen LogP contribution < -0.4 is 5.32 Å². The summed E-state index contributed by atoms with van der Waals surface area (Å²) in [5, 5.41) is 3.55. The summed E-state index contributed by atoms with van der Waals surface area (Å²) in [7, 11) is 0. The highest BCUT2D eigenvalue weighted by Crippen LogP contribution is 2.17. The van der Waals surface area contributed by atoms with Crippen LogP contribution in [0.15, 0.2) is 30.3 Å². The predicted octanol–water partition coefficient (Wildman–Crippen LogP) is 2.58. The zero-order valence-corrected chi connectivity index (χ0v) is 14.0. The van der Waals surface area contributed by atoms with E-state index in [1.54, 1.807) is 0 Å². The molecule has 2 saturated heterocycles. The molecule has 3 rings (SSSR count). The van der Waals surface area contributed by atoms with Gasteiger partial charge in [0, 0.05) is 32.2 Å². The van der Waals surface area contributed by atoms with E-state index in [1.807, 2.05) is 0 Å². The average Bonchev–Trinajstić information content (AvgIpc) is 2.73. The minimum atomic E-state index is 0.690. The second kappa shape index (κ2) is 8.09. The Hall–Kier alpha value is -0.900. The summed E-state index contributed by atoms with van der Waals surface area (Å²) in [6, 6.07) is 11.6. The largest absolute Gasteiger partial charge is 0.316 e. The fourth-order valence-corrected chi connectivity index (χ4v) is 3.83. The highest BCUT2D eigenvalue weighted by atomic mass is 15.2. The molecule has 0 spiro atoms. The van der Waals surface area contributed by atoms with Crippen LogP contribution in [0.1, 0.15) is 31.7 Å². The molecule has 2 fully saturated rings. The number of nitrogens with zero attached hydrogens (tertiary/aromatic N) is 2. The van der Waals surface area contributed by atoms with Gasteiger partial charge in [0.2, 0.25) is 0 Å². The van der Waals surface area contributed by atoms with Crippen molar-refractivity contribution in [1.29, 1.82) is 0 Å². The Kier molecular flexibility index (Phi) is 5.88. The Labute approximate surface area is 135 Å². The highest BCUT2D eigenvalue weighted by Gasteiger charge is 2.23. The molecule has 22 heavy (non-hydrogen) atoms. The van der Waals surface area contributed by atoms with E-state index in [0.29, 0.717) is 6.04 Å². The van der Waals surface area contributed by atoms with E-state index in [4.69, 9.17) is 0 Å². The van der Waals surface area contributed by atoms with Crippen molar-refractivity contribution in [2.24, 2.45) is 5.92 Å². The number of piperidine rings is 1. The third-order valence-electron chi connectivity index (χ3n) is 5.33. The van der Waals surface area contributed by atoms with Crippen LogP contribution in [0.5, 0.6) is 0 Å². The first-order valence-corrected chi connectivity index (χ1v) is 9.02. The molecule has 2 heterocycles. The fourth-order valence-electron chi connectivity index (χ4n) is 3.83. The summed E-state index contributed by atoms with van der Waals surface area (Å²) >= 11 is 0. The molecule has 0 amide bonds. The maximum atomic E-state index is 3.55. The molecule has 0 aromatic heterocycles. The summed E-state index contributed by atoms with van der Waals surface area (Å²) in [6.07, 6.45) is 4.06. The number of benzene rings is 1. The maximum absolute atomic E-state index is 3.55. The van der Waals surface area contributed by atoms with Gasteiger partial charge in [0.1, 0.15) is 0 Å². The number of hydrogen-bond donors (Lipinski definition) is 1. The highest BCUT2D eigenvalue weighted by molar-refractivity contribution is 5.14. The molecule has 1 aromatic rings. The van der Waals surface area contributed by atoms with Gasteiger partial charge < -0.3 is 10.2 Å². The third kappa shape index (κ3) is 4.55. The Morgan fingerprint density at radius 1 is 1.09 bits per heavy atom. The molecule has 1 aromatic carbocycles. The van der Waals surface area contributed by atoms with E-state index in [9.17, 15) is 0 Å². The molecule has 0 radical (unpaired) electrons. The van der Waals surface area contributed by atoms with E-state index in [-0.39, 0.29) is 0 Å². The average molecular weight is 301 g/mol. The van der Waals surface area contributed by atoms with Crippen molar-refractivity contribution in [2.75, 3.05) is 39.3 Å². The molecule has 1 N–H and O–H groups in total. The number of hydrogen-bond acceptors (Lipinski definition) is 3. The number of rotatable bonds is 4. The number of nitrogens with one attached hydrogen (secondary N) is 1. The summed E-state index contributed by atoms with van der Waals surface area (Å²) in [5.74, 6) is 0.865. The maximum Gasteiger partial charge on any atom is 0.0237 e. The quantitative estimate of drug-likeness (QED) is 0.922. The Morgan fingerprint density at radius 3 is 2.73 bits per heavy atom. The van der Waals surface area contributed by atoms with Crippen molar-refractivity contribution in [1.82, 2.24) is 15.1 Å². The molecule has 0 unspecified atom stereocenters. The van der Waals surface area contributed by atoms with Crippen molar-refractivity contribution in [3.8, 4) is 0 Å². The van der Waals surface area contributed by atoms with Crippen molar-refractivity contribution in [2.45, 2.75) is 38.8 Å². The van der Waals surface area contributed by atoms with E-state index in [1.165, 1.54) is 64.1 Å². The zero-order valence-electron chi connectivity index (χ0n) is 14.0. The van der Waals surface area contributed by atoms with E-state index < -0.39 is 0 Å². The minimum absolute atomic E-state index is 0.690. The molecule has 2 aliphatic heterocycles. The van der Waals surface area contributed by atoms with Gasteiger partial charge in [0.15, 0.2) is 0 Å². The molecule has 0 bridgehead atoms. The van der Waals surface area contributed by atoms with Crippen LogP contribution in [0.2, 0.25) is 0 Å². The van der Waals surface area contributed by atoms with Crippen molar-refractivity contribution in [3.05, 3.63) is 35.9 Å². The van der Waals surface area contributed by atoms with Crippen LogP contribution in [0.4, 0.5) is 0 Å². The van der Waals surface area contributed by atoms with Crippen molar-refractivity contribution in [3.63, 3.8) is 0 Å². The molecular weight excluding hydrogens is 270 g/mol. The van der Waals surface area contributed by atoms with E-state index in [0.717, 1.165) is 12.5 Å². The normalized spacial score (nSPS) is 28.4. The molecular formula is C19H31N3. The lowest BCUT2D eigenvalue weighted by Gasteiger charge is -2.29. The van der Waals surface area contributed by atoms with Crippen molar-refractivity contribution < 1.29 is 0 Å². The van der Waals surface area contributed by atoms with Gasteiger partial charge in [-0.15, -0.1) is 0 Å². The first-order chi connectivity index (χ1) is 10.8. The lowest BCUT2D eigenvalue weighted by atomic mass is 9.99. The van der Waals surface area contributed by atoms with Crippen LogP contribution in [0.3, 0.4) is 0 Å². The van der Waals surface area contributed by atoms with E-state index >= 15 is 0 Å². The second-order valence-electron chi connectivity index (χ2n) is 7.11. The lowest BCUT2D eigenvalue weighted by molar-refractivity contribution is 0.195. The summed E-state index contributed by atoms with van der Waals surface area (Å²) in [4.78, 5) is 5.37. The van der Waals surface area contributed by atoms with Crippen LogP contribution in [-0.2, 0) is 6.54 Å². The first kappa shape index (κ1) is 16.0. The molecule has 0 saturated carbocycles. The Balaban J connectivity index is 1.51. The van der Waals surface area contributed by atoms with Gasteiger partial charge in [0.25, 0.3) is 0 Å². The zero-order chi connectivity index (χ0) is 15.2. The van der Waals surface area contributed by atoms with Crippen molar-refractivity contribution >= 4 is 0 Å². The van der Waals surface area contributed by atoms with Crippen LogP contribution in [0.25, 0.3) is 0 Å². The van der Waals surface area contributed by atoms with Gasteiger partial charge in [0.05, 0.1) is 0 Å². The van der Waals surface area contributed by atoms with Gasteiger partial charge in [-0.2, -0.15) is 0 Å². The van der Waals surface area contributed by atoms with Gasteiger partial charge in [-0.05, 0) is 57.3 Å². The van der Waals surface area contributed by atoms with Crippen LogP contribution >= 0.6 is 0 Å². The molecule has 122 valence electrons. The summed E-state index contributed by atoms with van der Waals surface area (Å²) in [5.41, 5.74) is 1.44. The minimum Gasteiger partial charge on any atom is -0.316 e. The first-order valence-electron chi connectivity index (χ1n) is 9.02. The Bertz CT molecular complexity index is 428. The topological polar surface area (TPSA) is 18.5 Å². The SMILES string of the molecule is C[C@@H]1CCN(C[C@H]2CCCNC2)CCN1Cc1ccccc1. The van der Waals surface area contributed by atoms with Crippen LogP contribution in [0, 0.1) is 5.92 Å². The molecule has 3 heteroatoms. The molecule has 2 aliphatic rings. The van der Waals surface area contributed by atoms with Crippen LogP contribution in [-0.4, -0.2) is 55.1 Å². The smallest absolute Gasteiger partial charge is 0.0237 e. The molecule has 2 atom stereocenters. The van der Waals surface area contributed by atoms with Gasteiger partial charge >= 0.3 is 0 Å². The second-order valence-corrected chi connectivity index (χ2v) is 7.11. The standard InChI is InChI=1S/C19H31N3/c1-17-9-11-21(15-19-8-5-10-20-14-19)12-13-22(17)16-18-6-3-2-4-7-18/h2-4,6-7,17,19-20H,5,8-16H2,1H3/t17-,19+/m1/s1. The Morgan fingerprint density at radius 2 is 1.95 bits per heavy atom. The van der Waals surface area contributed by atoms with E-state index in [2.05, 4.69) is 52.4 Å². The lowest BCUT2D eigenvalue weighted by Crippen LogP contribution is -2.39. The summed E-state index contributed by atoms with van der Waals surface area (Å²) < 4.78 is 0. The monoisotopic (exact) mass is 301 g/mol. The molecule has 3 nitrogen and oxygen atoms in total. The molecule has 0 aliphatic carbocycles. The van der Waals surface area contributed by atoms with Gasteiger partial charge in [-0.3, -0.25) is 4.90 Å². The third-order valence-corrected chi connectivity index (χ3v) is 5.33.